The summed E-state index contributed by atoms with van der Waals surface area (Å²) >= 11 is 0. The van der Waals surface area contributed by atoms with Crippen LogP contribution in [-0.4, -0.2) is 33.4 Å². The summed E-state index contributed by atoms with van der Waals surface area (Å²) in [5.74, 6) is 2.55. The Morgan fingerprint density at radius 2 is 2.04 bits per heavy atom. The van der Waals surface area contributed by atoms with Crippen LogP contribution in [0.25, 0.3) is 11.0 Å². The van der Waals surface area contributed by atoms with E-state index >= 15 is 0 Å². The van der Waals surface area contributed by atoms with E-state index in [0.29, 0.717) is 17.9 Å². The lowest BCUT2D eigenvalue weighted by Gasteiger charge is -2.18. The summed E-state index contributed by atoms with van der Waals surface area (Å²) < 4.78 is 7.78. The number of aryl methyl sites for hydroxylation is 3. The lowest BCUT2D eigenvalue weighted by Crippen LogP contribution is -2.29. The number of likely N-dealkylation sites (tertiary alicyclic amines) is 1. The van der Waals surface area contributed by atoms with Crippen LogP contribution in [0.4, 0.5) is 0 Å². The summed E-state index contributed by atoms with van der Waals surface area (Å²) in [5, 5.41) is 0. The van der Waals surface area contributed by atoms with Gasteiger partial charge in [-0.2, -0.15) is 0 Å². The topological polar surface area (TPSA) is 51.3 Å². The number of carbonyl (C=O) groups excluding carboxylic acids is 1. The Kier molecular flexibility index (Phi) is 3.44. The van der Waals surface area contributed by atoms with Gasteiger partial charge in [0.25, 0.3) is 5.91 Å². The second-order valence-electron chi connectivity index (χ2n) is 6.54. The number of para-hydroxylation sites is 2. The largest absolute Gasteiger partial charge is 0.466 e. The Morgan fingerprint density at radius 1 is 1.25 bits per heavy atom. The van der Waals surface area contributed by atoms with Gasteiger partial charge in [-0.1, -0.05) is 12.1 Å². The summed E-state index contributed by atoms with van der Waals surface area (Å²) in [7, 11) is 0. The van der Waals surface area contributed by atoms with Crippen molar-refractivity contribution in [3.63, 3.8) is 0 Å². The molecule has 1 aliphatic rings. The highest BCUT2D eigenvalue weighted by atomic mass is 16.3. The normalized spacial score (nSPS) is 17.8. The van der Waals surface area contributed by atoms with Crippen LogP contribution in [0, 0.1) is 20.8 Å². The quantitative estimate of drug-likeness (QED) is 0.723. The zero-order valence-corrected chi connectivity index (χ0v) is 14.2. The van der Waals surface area contributed by atoms with E-state index in [1.54, 1.807) is 0 Å². The second-order valence-corrected chi connectivity index (χ2v) is 6.54. The van der Waals surface area contributed by atoms with E-state index in [2.05, 4.69) is 15.6 Å². The van der Waals surface area contributed by atoms with Crippen molar-refractivity contribution in [2.24, 2.45) is 0 Å². The fourth-order valence-electron chi connectivity index (χ4n) is 3.78. The van der Waals surface area contributed by atoms with Crippen LogP contribution in [0.3, 0.4) is 0 Å². The van der Waals surface area contributed by atoms with Gasteiger partial charge in [-0.25, -0.2) is 4.98 Å². The number of hydrogen-bond acceptors (Lipinski definition) is 3. The van der Waals surface area contributed by atoms with E-state index < -0.39 is 0 Å². The first-order chi connectivity index (χ1) is 11.5. The number of aromatic nitrogens is 2. The highest BCUT2D eigenvalue weighted by Gasteiger charge is 2.31. The molecule has 5 nitrogen and oxygen atoms in total. The molecule has 0 unspecified atom stereocenters. The summed E-state index contributed by atoms with van der Waals surface area (Å²) in [6.07, 6.45) is 0.947. The number of fused-ring (bicyclic) bond motifs is 1. The molecule has 0 spiro atoms. The fourth-order valence-corrected chi connectivity index (χ4v) is 3.78. The van der Waals surface area contributed by atoms with E-state index in [9.17, 15) is 4.79 Å². The van der Waals surface area contributed by atoms with Crippen LogP contribution in [0.1, 0.15) is 40.2 Å². The first kappa shape index (κ1) is 15.0. The van der Waals surface area contributed by atoms with Crippen LogP contribution in [-0.2, 0) is 0 Å². The van der Waals surface area contributed by atoms with Gasteiger partial charge in [-0.15, -0.1) is 0 Å². The van der Waals surface area contributed by atoms with Gasteiger partial charge in [0.1, 0.15) is 17.3 Å². The maximum atomic E-state index is 12.8. The first-order valence-electron chi connectivity index (χ1n) is 8.34. The smallest absolute Gasteiger partial charge is 0.257 e. The van der Waals surface area contributed by atoms with Gasteiger partial charge < -0.3 is 13.9 Å². The molecule has 1 atom stereocenters. The van der Waals surface area contributed by atoms with Crippen molar-refractivity contribution in [3.8, 4) is 0 Å². The molecular formula is C19H21N3O2. The predicted octanol–water partition coefficient (Wildman–Crippen LogP) is 3.64. The van der Waals surface area contributed by atoms with Crippen LogP contribution in [0.2, 0.25) is 0 Å². The van der Waals surface area contributed by atoms with Crippen LogP contribution < -0.4 is 0 Å². The van der Waals surface area contributed by atoms with E-state index in [4.69, 9.17) is 4.42 Å². The van der Waals surface area contributed by atoms with Crippen LogP contribution >= 0.6 is 0 Å². The van der Waals surface area contributed by atoms with Gasteiger partial charge in [0.2, 0.25) is 0 Å². The number of rotatable bonds is 2. The second kappa shape index (κ2) is 5.51. The molecule has 5 heteroatoms. The molecule has 3 aromatic rings. The monoisotopic (exact) mass is 323 g/mol. The van der Waals surface area contributed by atoms with Crippen molar-refractivity contribution in [2.45, 2.75) is 33.2 Å². The zero-order chi connectivity index (χ0) is 16.8. The number of nitrogens with zero attached hydrogens (tertiary/aromatic N) is 3. The molecule has 24 heavy (non-hydrogen) atoms. The van der Waals surface area contributed by atoms with Gasteiger partial charge in [0.15, 0.2) is 0 Å². The molecule has 2 aromatic heterocycles. The third kappa shape index (κ3) is 2.31. The van der Waals surface area contributed by atoms with Crippen molar-refractivity contribution < 1.29 is 9.21 Å². The molecule has 3 heterocycles. The predicted molar refractivity (Wildman–Crippen MR) is 92.2 cm³/mol. The minimum atomic E-state index is 0.0638. The average molecular weight is 323 g/mol. The molecule has 0 saturated carbocycles. The molecule has 1 aliphatic heterocycles. The van der Waals surface area contributed by atoms with E-state index in [1.807, 2.05) is 49.9 Å². The Hall–Kier alpha value is -2.56. The molecule has 0 bridgehead atoms. The molecule has 1 amide bonds. The lowest BCUT2D eigenvalue weighted by molar-refractivity contribution is 0.0786. The van der Waals surface area contributed by atoms with Crippen molar-refractivity contribution >= 4 is 16.9 Å². The van der Waals surface area contributed by atoms with E-state index in [1.165, 1.54) is 0 Å². The van der Waals surface area contributed by atoms with Gasteiger partial charge in [-0.3, -0.25) is 4.79 Å². The number of imidazole rings is 1. The average Bonchev–Trinajstić information content (AvgIpc) is 3.22. The highest BCUT2D eigenvalue weighted by molar-refractivity contribution is 5.95. The standard InChI is InChI=1S/C19H21N3O2/c1-12-10-16(13(2)24-12)19(23)21-9-8-15(11-21)22-14(3)20-17-6-4-5-7-18(17)22/h4-7,10,15H,8-9,11H2,1-3H3/t15-/m0/s1. The third-order valence-corrected chi connectivity index (χ3v) is 4.86. The third-order valence-electron chi connectivity index (χ3n) is 4.86. The van der Waals surface area contributed by atoms with Crippen LogP contribution in [0.15, 0.2) is 34.7 Å². The summed E-state index contributed by atoms with van der Waals surface area (Å²) in [4.78, 5) is 19.4. The minimum Gasteiger partial charge on any atom is -0.466 e. The van der Waals surface area contributed by atoms with Gasteiger partial charge in [0, 0.05) is 13.1 Å². The minimum absolute atomic E-state index is 0.0638. The number of furan rings is 1. The SMILES string of the molecule is Cc1cc(C(=O)N2CC[C@H](n3c(C)nc4ccccc43)C2)c(C)o1. The molecule has 1 fully saturated rings. The summed E-state index contributed by atoms with van der Waals surface area (Å²) in [6.45, 7) is 7.23. The van der Waals surface area contributed by atoms with Crippen molar-refractivity contribution in [3.05, 3.63) is 53.2 Å². The van der Waals surface area contributed by atoms with Gasteiger partial charge in [0.05, 0.1) is 22.6 Å². The Balaban J connectivity index is 1.61. The first-order valence-corrected chi connectivity index (χ1v) is 8.34. The molecule has 1 saturated heterocycles. The number of amides is 1. The fraction of sp³-hybridized carbons (Fsp3) is 0.368. The molecule has 1 aromatic carbocycles. The number of carbonyl (C=O) groups is 1. The Labute approximate surface area is 140 Å². The van der Waals surface area contributed by atoms with Crippen molar-refractivity contribution in [2.75, 3.05) is 13.1 Å². The van der Waals surface area contributed by atoms with Gasteiger partial charge in [-0.05, 0) is 45.4 Å². The lowest BCUT2D eigenvalue weighted by atomic mass is 10.2. The summed E-state index contributed by atoms with van der Waals surface area (Å²) in [6, 6.07) is 10.3. The zero-order valence-electron chi connectivity index (χ0n) is 14.2. The number of hydrogen-bond donors (Lipinski definition) is 0. The van der Waals surface area contributed by atoms with Crippen molar-refractivity contribution in [1.82, 2.24) is 14.5 Å². The molecule has 0 radical (unpaired) electrons. The highest BCUT2D eigenvalue weighted by Crippen LogP contribution is 2.29. The molecular weight excluding hydrogens is 302 g/mol. The Morgan fingerprint density at radius 3 is 2.79 bits per heavy atom. The summed E-state index contributed by atoms with van der Waals surface area (Å²) in [5.41, 5.74) is 2.84. The Bertz CT molecular complexity index is 922. The molecule has 124 valence electrons. The van der Waals surface area contributed by atoms with Crippen molar-refractivity contribution in [1.29, 1.82) is 0 Å². The van der Waals surface area contributed by atoms with E-state index in [0.717, 1.165) is 35.6 Å². The van der Waals surface area contributed by atoms with E-state index in [-0.39, 0.29) is 11.9 Å². The maximum absolute atomic E-state index is 12.8. The van der Waals surface area contributed by atoms with Gasteiger partial charge >= 0.3 is 0 Å². The molecule has 0 N–H and O–H groups in total. The molecule has 0 aliphatic carbocycles. The molecule has 4 rings (SSSR count). The number of benzene rings is 1. The van der Waals surface area contributed by atoms with Crippen LogP contribution in [0.5, 0.6) is 0 Å². The maximum Gasteiger partial charge on any atom is 0.257 e.